The lowest BCUT2D eigenvalue weighted by molar-refractivity contribution is 0.102. The number of aryl methyl sites for hydroxylation is 2. The quantitative estimate of drug-likeness (QED) is 0.874. The molecule has 0 aromatic carbocycles. The Morgan fingerprint density at radius 3 is 2.80 bits per heavy atom. The fourth-order valence-corrected chi connectivity index (χ4v) is 1.92. The Hall–Kier alpha value is -2.37. The minimum Gasteiger partial charge on any atom is -0.373 e. The van der Waals surface area contributed by atoms with Crippen molar-refractivity contribution in [2.45, 2.75) is 19.8 Å². The molecule has 6 heteroatoms. The van der Waals surface area contributed by atoms with Crippen LogP contribution in [0.5, 0.6) is 0 Å². The third-order valence-electron chi connectivity index (χ3n) is 2.97. The van der Waals surface area contributed by atoms with Crippen molar-refractivity contribution >= 4 is 17.5 Å². The lowest BCUT2D eigenvalue weighted by atomic mass is 10.1. The Morgan fingerprint density at radius 1 is 1.40 bits per heavy atom. The summed E-state index contributed by atoms with van der Waals surface area (Å²) in [5.41, 5.74) is 1.50. The minimum absolute atomic E-state index is 0.162. The molecule has 6 nitrogen and oxygen atoms in total. The fraction of sp³-hybridized carbons (Fsp3) is 0.357. The zero-order valence-corrected chi connectivity index (χ0v) is 12.0. The van der Waals surface area contributed by atoms with Gasteiger partial charge < -0.3 is 10.6 Å². The molecule has 2 rings (SSSR count). The van der Waals surface area contributed by atoms with Crippen molar-refractivity contribution in [2.24, 2.45) is 7.05 Å². The maximum atomic E-state index is 12.3. The molecule has 0 aliphatic heterocycles. The monoisotopic (exact) mass is 273 g/mol. The molecule has 0 spiro atoms. The van der Waals surface area contributed by atoms with Gasteiger partial charge in [-0.15, -0.1) is 0 Å². The molecule has 20 heavy (non-hydrogen) atoms. The number of carbonyl (C=O) groups is 1. The maximum Gasteiger partial charge on any atom is 0.257 e. The summed E-state index contributed by atoms with van der Waals surface area (Å²) >= 11 is 0. The van der Waals surface area contributed by atoms with E-state index in [4.69, 9.17) is 0 Å². The van der Waals surface area contributed by atoms with Crippen LogP contribution >= 0.6 is 0 Å². The van der Waals surface area contributed by atoms with E-state index in [-0.39, 0.29) is 5.91 Å². The molecule has 0 unspecified atom stereocenters. The molecule has 2 heterocycles. The number of anilines is 2. The van der Waals surface area contributed by atoms with Gasteiger partial charge in [0.05, 0.1) is 6.20 Å². The van der Waals surface area contributed by atoms with Crippen LogP contribution in [-0.2, 0) is 13.5 Å². The molecule has 0 saturated carbocycles. The van der Waals surface area contributed by atoms with Gasteiger partial charge in [-0.2, -0.15) is 5.10 Å². The van der Waals surface area contributed by atoms with Gasteiger partial charge in [-0.3, -0.25) is 9.48 Å². The van der Waals surface area contributed by atoms with Gasteiger partial charge in [0.1, 0.15) is 11.6 Å². The largest absolute Gasteiger partial charge is 0.373 e. The van der Waals surface area contributed by atoms with Crippen LogP contribution in [0.15, 0.2) is 24.4 Å². The molecular formula is C14H19N5O. The predicted molar refractivity (Wildman–Crippen MR) is 78.9 cm³/mol. The summed E-state index contributed by atoms with van der Waals surface area (Å²) < 4.78 is 1.62. The molecule has 2 aromatic heterocycles. The second-order valence-electron chi connectivity index (χ2n) is 4.53. The molecule has 2 N–H and O–H groups in total. The van der Waals surface area contributed by atoms with E-state index in [1.807, 2.05) is 6.07 Å². The SMILES string of the molecule is CCCc1cc(C(=O)Nc2ccnn2C)cc(NC)n1. The highest BCUT2D eigenvalue weighted by molar-refractivity contribution is 6.04. The third-order valence-corrected chi connectivity index (χ3v) is 2.97. The van der Waals surface area contributed by atoms with Crippen molar-refractivity contribution in [1.82, 2.24) is 14.8 Å². The van der Waals surface area contributed by atoms with Gasteiger partial charge in [-0.25, -0.2) is 4.98 Å². The van der Waals surface area contributed by atoms with Crippen molar-refractivity contribution in [3.63, 3.8) is 0 Å². The normalized spacial score (nSPS) is 10.3. The fourth-order valence-electron chi connectivity index (χ4n) is 1.92. The lowest BCUT2D eigenvalue weighted by Crippen LogP contribution is -2.15. The molecule has 0 bridgehead atoms. The van der Waals surface area contributed by atoms with Gasteiger partial charge in [0.2, 0.25) is 0 Å². The van der Waals surface area contributed by atoms with Gasteiger partial charge in [-0.1, -0.05) is 13.3 Å². The van der Waals surface area contributed by atoms with E-state index in [0.717, 1.165) is 18.5 Å². The maximum absolute atomic E-state index is 12.3. The Bertz CT molecular complexity index is 605. The Morgan fingerprint density at radius 2 is 2.20 bits per heavy atom. The number of hydrogen-bond acceptors (Lipinski definition) is 4. The third kappa shape index (κ3) is 3.14. The Labute approximate surface area is 118 Å². The van der Waals surface area contributed by atoms with Crippen molar-refractivity contribution in [3.05, 3.63) is 35.7 Å². The van der Waals surface area contributed by atoms with Crippen LogP contribution in [0.25, 0.3) is 0 Å². The Kier molecular flexibility index (Phi) is 4.34. The lowest BCUT2D eigenvalue weighted by Gasteiger charge is -2.09. The standard InChI is InChI=1S/C14H19N5O/c1-4-5-11-8-10(9-12(15-2)17-11)14(20)18-13-6-7-16-19(13)3/h6-9H,4-5H2,1-3H3,(H,15,17)(H,18,20). The first-order valence-electron chi connectivity index (χ1n) is 6.62. The molecule has 0 fully saturated rings. The van der Waals surface area contributed by atoms with E-state index in [9.17, 15) is 4.79 Å². The highest BCUT2D eigenvalue weighted by atomic mass is 16.1. The van der Waals surface area contributed by atoms with Crippen LogP contribution in [0, 0.1) is 0 Å². The summed E-state index contributed by atoms with van der Waals surface area (Å²) in [5.74, 6) is 1.20. The molecular weight excluding hydrogens is 254 g/mol. The molecule has 0 radical (unpaired) electrons. The number of pyridine rings is 1. The highest BCUT2D eigenvalue weighted by Crippen LogP contribution is 2.14. The number of hydrogen-bond donors (Lipinski definition) is 2. The number of rotatable bonds is 5. The molecule has 2 aromatic rings. The van der Waals surface area contributed by atoms with Crippen LogP contribution in [0.4, 0.5) is 11.6 Å². The molecule has 0 aliphatic carbocycles. The van der Waals surface area contributed by atoms with Crippen molar-refractivity contribution in [3.8, 4) is 0 Å². The average Bonchev–Trinajstić information content (AvgIpc) is 2.84. The van der Waals surface area contributed by atoms with Crippen molar-refractivity contribution in [2.75, 3.05) is 17.7 Å². The summed E-state index contributed by atoms with van der Waals surface area (Å²) in [6, 6.07) is 5.33. The number of nitrogens with zero attached hydrogens (tertiary/aromatic N) is 3. The molecule has 0 aliphatic rings. The first-order valence-corrected chi connectivity index (χ1v) is 6.62. The van der Waals surface area contributed by atoms with Gasteiger partial charge >= 0.3 is 0 Å². The first-order chi connectivity index (χ1) is 9.63. The van der Waals surface area contributed by atoms with E-state index in [1.54, 1.807) is 37.1 Å². The highest BCUT2D eigenvalue weighted by Gasteiger charge is 2.11. The van der Waals surface area contributed by atoms with Gasteiger partial charge in [0, 0.05) is 31.4 Å². The van der Waals surface area contributed by atoms with Crippen LogP contribution < -0.4 is 10.6 Å². The molecule has 1 amide bonds. The number of aromatic nitrogens is 3. The van der Waals surface area contributed by atoms with E-state index in [2.05, 4.69) is 27.6 Å². The topological polar surface area (TPSA) is 71.8 Å². The predicted octanol–water partition coefficient (Wildman–Crippen LogP) is 2.06. The van der Waals surface area contributed by atoms with E-state index in [0.29, 0.717) is 17.2 Å². The summed E-state index contributed by atoms with van der Waals surface area (Å²) in [5, 5.41) is 9.84. The first kappa shape index (κ1) is 14.0. The minimum atomic E-state index is -0.162. The van der Waals surface area contributed by atoms with Gasteiger partial charge in [-0.05, 0) is 18.6 Å². The average molecular weight is 273 g/mol. The number of amides is 1. The summed E-state index contributed by atoms with van der Waals surface area (Å²) in [7, 11) is 3.57. The van der Waals surface area contributed by atoms with Crippen molar-refractivity contribution < 1.29 is 4.79 Å². The van der Waals surface area contributed by atoms with E-state index < -0.39 is 0 Å². The number of nitrogens with one attached hydrogen (secondary N) is 2. The summed E-state index contributed by atoms with van der Waals surface area (Å²) in [6.45, 7) is 2.09. The summed E-state index contributed by atoms with van der Waals surface area (Å²) in [6.07, 6.45) is 3.48. The van der Waals surface area contributed by atoms with E-state index in [1.165, 1.54) is 0 Å². The second kappa shape index (κ2) is 6.18. The van der Waals surface area contributed by atoms with E-state index >= 15 is 0 Å². The van der Waals surface area contributed by atoms with Gasteiger partial charge in [0.15, 0.2) is 0 Å². The molecule has 106 valence electrons. The van der Waals surface area contributed by atoms with Crippen LogP contribution in [0.3, 0.4) is 0 Å². The summed E-state index contributed by atoms with van der Waals surface area (Å²) in [4.78, 5) is 16.7. The molecule has 0 atom stereocenters. The smallest absolute Gasteiger partial charge is 0.257 e. The zero-order valence-electron chi connectivity index (χ0n) is 12.0. The van der Waals surface area contributed by atoms with Crippen molar-refractivity contribution in [1.29, 1.82) is 0 Å². The Balaban J connectivity index is 2.24. The number of carbonyl (C=O) groups excluding carboxylic acids is 1. The molecule has 0 saturated heterocycles. The van der Waals surface area contributed by atoms with Crippen LogP contribution in [-0.4, -0.2) is 27.7 Å². The van der Waals surface area contributed by atoms with Gasteiger partial charge in [0.25, 0.3) is 5.91 Å². The van der Waals surface area contributed by atoms with Crippen LogP contribution in [0.2, 0.25) is 0 Å². The van der Waals surface area contributed by atoms with Crippen LogP contribution in [0.1, 0.15) is 29.4 Å². The second-order valence-corrected chi connectivity index (χ2v) is 4.53. The zero-order chi connectivity index (χ0) is 14.5.